The van der Waals surface area contributed by atoms with Crippen LogP contribution in [0.15, 0.2) is 33.7 Å². The number of aromatic nitrogens is 2. The van der Waals surface area contributed by atoms with Crippen LogP contribution >= 0.6 is 11.8 Å². The van der Waals surface area contributed by atoms with Gasteiger partial charge in [0, 0.05) is 23.3 Å². The molecule has 2 aromatic rings. The van der Waals surface area contributed by atoms with E-state index in [4.69, 9.17) is 4.52 Å². The van der Waals surface area contributed by atoms with Crippen LogP contribution in [0.3, 0.4) is 0 Å². The largest absolute Gasteiger partial charge is 0.339 e. The molecule has 0 aliphatic heterocycles. The molecule has 5 heteroatoms. The first-order valence-electron chi connectivity index (χ1n) is 5.65. The highest BCUT2D eigenvalue weighted by molar-refractivity contribution is 7.98. The van der Waals surface area contributed by atoms with Gasteiger partial charge in [-0.25, -0.2) is 0 Å². The van der Waals surface area contributed by atoms with Crippen molar-refractivity contribution in [3.8, 4) is 11.4 Å². The summed E-state index contributed by atoms with van der Waals surface area (Å²) in [5, 5.41) is 3.92. The zero-order valence-electron chi connectivity index (χ0n) is 10.3. The number of Topliss-reactive ketones (excluding diaryl/α,β-unsaturated/α-hetero) is 1. The molecule has 0 saturated carbocycles. The van der Waals surface area contributed by atoms with Crippen LogP contribution in [0.1, 0.15) is 19.2 Å². The second kappa shape index (κ2) is 5.82. The van der Waals surface area contributed by atoms with Gasteiger partial charge in [-0.1, -0.05) is 5.16 Å². The zero-order valence-corrected chi connectivity index (χ0v) is 11.2. The van der Waals surface area contributed by atoms with Gasteiger partial charge in [0.1, 0.15) is 5.78 Å². The molecule has 1 heterocycles. The van der Waals surface area contributed by atoms with E-state index in [1.807, 2.05) is 30.5 Å². The molecular formula is C13H14N2O2S. The van der Waals surface area contributed by atoms with Crippen molar-refractivity contribution >= 4 is 17.5 Å². The molecule has 0 spiro atoms. The minimum atomic E-state index is 0.124. The first-order valence-corrected chi connectivity index (χ1v) is 6.88. The summed E-state index contributed by atoms with van der Waals surface area (Å²) in [5.41, 5.74) is 0.922. The highest BCUT2D eigenvalue weighted by Gasteiger charge is 2.09. The van der Waals surface area contributed by atoms with Crippen molar-refractivity contribution in [3.63, 3.8) is 0 Å². The number of nitrogens with zero attached hydrogens (tertiary/aromatic N) is 2. The van der Waals surface area contributed by atoms with Crippen molar-refractivity contribution in [2.24, 2.45) is 0 Å². The molecule has 1 aromatic heterocycles. The SMILES string of the molecule is CSc1ccc(-c2noc(CCC(C)=O)n2)cc1. The number of hydrogen-bond donors (Lipinski definition) is 0. The maximum absolute atomic E-state index is 10.9. The van der Waals surface area contributed by atoms with Crippen molar-refractivity contribution in [1.29, 1.82) is 0 Å². The third-order valence-corrected chi connectivity index (χ3v) is 3.25. The predicted octanol–water partition coefficient (Wildman–Crippen LogP) is 2.98. The van der Waals surface area contributed by atoms with Crippen molar-refractivity contribution < 1.29 is 9.32 Å². The monoisotopic (exact) mass is 262 g/mol. The summed E-state index contributed by atoms with van der Waals surface area (Å²) < 4.78 is 5.11. The molecule has 0 saturated heterocycles. The van der Waals surface area contributed by atoms with Crippen molar-refractivity contribution in [1.82, 2.24) is 10.1 Å². The van der Waals surface area contributed by atoms with E-state index < -0.39 is 0 Å². The molecule has 0 radical (unpaired) electrons. The summed E-state index contributed by atoms with van der Waals surface area (Å²) in [6.07, 6.45) is 2.97. The Morgan fingerprint density at radius 3 is 2.67 bits per heavy atom. The molecule has 0 aliphatic rings. The zero-order chi connectivity index (χ0) is 13.0. The summed E-state index contributed by atoms with van der Waals surface area (Å²) in [4.78, 5) is 16.3. The Labute approximate surface area is 110 Å². The number of carbonyl (C=O) groups is 1. The first kappa shape index (κ1) is 12.8. The topological polar surface area (TPSA) is 56.0 Å². The lowest BCUT2D eigenvalue weighted by Crippen LogP contribution is -1.94. The fraction of sp³-hybridized carbons (Fsp3) is 0.308. The Morgan fingerprint density at radius 2 is 2.06 bits per heavy atom. The predicted molar refractivity (Wildman–Crippen MR) is 70.5 cm³/mol. The molecule has 2 rings (SSSR count). The number of thioether (sulfide) groups is 1. The van der Waals surface area contributed by atoms with E-state index in [9.17, 15) is 4.79 Å². The van der Waals surface area contributed by atoms with Gasteiger partial charge in [-0.2, -0.15) is 4.98 Å². The van der Waals surface area contributed by atoms with Gasteiger partial charge in [0.2, 0.25) is 11.7 Å². The van der Waals surface area contributed by atoms with Gasteiger partial charge in [-0.3, -0.25) is 0 Å². The lowest BCUT2D eigenvalue weighted by Gasteiger charge is -1.96. The van der Waals surface area contributed by atoms with Gasteiger partial charge in [0.15, 0.2) is 0 Å². The molecule has 0 amide bonds. The smallest absolute Gasteiger partial charge is 0.227 e. The molecule has 0 bridgehead atoms. The molecule has 0 N–H and O–H groups in total. The van der Waals surface area contributed by atoms with E-state index in [1.165, 1.54) is 4.90 Å². The van der Waals surface area contributed by atoms with Crippen LogP contribution in [0.2, 0.25) is 0 Å². The molecule has 94 valence electrons. The first-order chi connectivity index (χ1) is 8.69. The van der Waals surface area contributed by atoms with E-state index in [2.05, 4.69) is 10.1 Å². The molecule has 0 fully saturated rings. The normalized spacial score (nSPS) is 10.6. The highest BCUT2D eigenvalue weighted by Crippen LogP contribution is 2.21. The van der Waals surface area contributed by atoms with Crippen LogP contribution < -0.4 is 0 Å². The Hall–Kier alpha value is -1.62. The average molecular weight is 262 g/mol. The van der Waals surface area contributed by atoms with E-state index in [0.29, 0.717) is 24.6 Å². The Kier molecular flexibility index (Phi) is 4.15. The second-order valence-electron chi connectivity index (χ2n) is 3.94. The molecule has 0 atom stereocenters. The van der Waals surface area contributed by atoms with Gasteiger partial charge in [-0.05, 0) is 37.4 Å². The van der Waals surface area contributed by atoms with Crippen LogP contribution in [0.5, 0.6) is 0 Å². The third-order valence-electron chi connectivity index (χ3n) is 2.51. The van der Waals surface area contributed by atoms with Crippen LogP contribution in [0.4, 0.5) is 0 Å². The Balaban J connectivity index is 2.10. The lowest BCUT2D eigenvalue weighted by atomic mass is 10.2. The van der Waals surface area contributed by atoms with Crippen molar-refractivity contribution in [2.45, 2.75) is 24.7 Å². The number of rotatable bonds is 5. The Morgan fingerprint density at radius 1 is 1.33 bits per heavy atom. The van der Waals surface area contributed by atoms with Crippen LogP contribution in [-0.2, 0) is 11.2 Å². The number of aryl methyl sites for hydroxylation is 1. The quantitative estimate of drug-likeness (QED) is 0.775. The maximum atomic E-state index is 10.9. The van der Waals surface area contributed by atoms with E-state index in [-0.39, 0.29) is 5.78 Å². The summed E-state index contributed by atoms with van der Waals surface area (Å²) in [6.45, 7) is 1.55. The maximum Gasteiger partial charge on any atom is 0.227 e. The van der Waals surface area contributed by atoms with Gasteiger partial charge in [0.05, 0.1) is 0 Å². The molecule has 18 heavy (non-hydrogen) atoms. The summed E-state index contributed by atoms with van der Waals surface area (Å²) in [7, 11) is 0. The van der Waals surface area contributed by atoms with Crippen LogP contribution in [0.25, 0.3) is 11.4 Å². The summed E-state index contributed by atoms with van der Waals surface area (Å²) in [6, 6.07) is 7.97. The average Bonchev–Trinajstić information content (AvgIpc) is 2.85. The number of ketones is 1. The third kappa shape index (κ3) is 3.20. The summed E-state index contributed by atoms with van der Waals surface area (Å²) in [5.74, 6) is 1.20. The molecule has 0 aliphatic carbocycles. The Bertz CT molecular complexity index is 534. The molecular weight excluding hydrogens is 248 g/mol. The molecule has 1 aromatic carbocycles. The highest BCUT2D eigenvalue weighted by atomic mass is 32.2. The van der Waals surface area contributed by atoms with E-state index in [1.54, 1.807) is 18.7 Å². The second-order valence-corrected chi connectivity index (χ2v) is 4.82. The van der Waals surface area contributed by atoms with Crippen molar-refractivity contribution in [3.05, 3.63) is 30.2 Å². The fourth-order valence-electron chi connectivity index (χ4n) is 1.50. The minimum absolute atomic E-state index is 0.124. The van der Waals surface area contributed by atoms with Gasteiger partial charge < -0.3 is 9.32 Å². The lowest BCUT2D eigenvalue weighted by molar-refractivity contribution is -0.117. The van der Waals surface area contributed by atoms with Crippen LogP contribution in [0, 0.1) is 0 Å². The number of benzene rings is 1. The minimum Gasteiger partial charge on any atom is -0.339 e. The summed E-state index contributed by atoms with van der Waals surface area (Å²) >= 11 is 1.69. The van der Waals surface area contributed by atoms with Crippen molar-refractivity contribution in [2.75, 3.05) is 6.26 Å². The number of hydrogen-bond acceptors (Lipinski definition) is 5. The van der Waals surface area contributed by atoms with E-state index >= 15 is 0 Å². The van der Waals surface area contributed by atoms with Gasteiger partial charge >= 0.3 is 0 Å². The standard InChI is InChI=1S/C13H14N2O2S/c1-9(16)3-8-12-14-13(15-17-12)10-4-6-11(18-2)7-5-10/h4-7H,3,8H2,1-2H3. The fourth-order valence-corrected chi connectivity index (χ4v) is 1.90. The number of carbonyl (C=O) groups excluding carboxylic acids is 1. The van der Waals surface area contributed by atoms with E-state index in [0.717, 1.165) is 5.56 Å². The van der Waals surface area contributed by atoms with Gasteiger partial charge in [-0.15, -0.1) is 11.8 Å². The molecule has 0 unspecified atom stereocenters. The molecule has 4 nitrogen and oxygen atoms in total. The van der Waals surface area contributed by atoms with Crippen LogP contribution in [-0.4, -0.2) is 22.2 Å². The van der Waals surface area contributed by atoms with Gasteiger partial charge in [0.25, 0.3) is 0 Å².